The topological polar surface area (TPSA) is 12.0 Å². The summed E-state index contributed by atoms with van der Waals surface area (Å²) >= 11 is 0. The molecule has 1 N–H and O–H groups in total. The molecule has 0 aromatic carbocycles. The summed E-state index contributed by atoms with van der Waals surface area (Å²) < 4.78 is 0. The molecule has 0 aromatic rings. The molecule has 0 amide bonds. The first-order valence-electron chi connectivity index (χ1n) is 19.1. The van der Waals surface area contributed by atoms with Crippen LogP contribution in [0.5, 0.6) is 0 Å². The SMILES string of the molecule is C=C(CCCCCCCCCCC(CCCCCCCCC)NCC)CCC(CCCCCC)CCCCCC. The molecule has 0 heterocycles. The molecule has 0 saturated carbocycles. The van der Waals surface area contributed by atoms with Gasteiger partial charge in [0.25, 0.3) is 0 Å². The molecule has 40 heavy (non-hydrogen) atoms. The zero-order chi connectivity index (χ0) is 29.4. The van der Waals surface area contributed by atoms with Gasteiger partial charge < -0.3 is 5.32 Å². The minimum Gasteiger partial charge on any atom is -0.314 e. The Bertz CT molecular complexity index is 471. The number of unbranched alkanes of at least 4 members (excludes halogenated alkanes) is 19. The molecule has 240 valence electrons. The van der Waals surface area contributed by atoms with Crippen molar-refractivity contribution in [1.29, 1.82) is 0 Å². The zero-order valence-electron chi connectivity index (χ0n) is 28.8. The molecule has 0 aliphatic heterocycles. The first-order valence-corrected chi connectivity index (χ1v) is 19.1. The second kappa shape index (κ2) is 33.2. The van der Waals surface area contributed by atoms with Crippen molar-refractivity contribution in [3.63, 3.8) is 0 Å². The Morgan fingerprint density at radius 3 is 1.25 bits per heavy atom. The van der Waals surface area contributed by atoms with Crippen LogP contribution >= 0.6 is 0 Å². The Kier molecular flexibility index (Phi) is 33.0. The van der Waals surface area contributed by atoms with E-state index in [1.165, 1.54) is 193 Å². The molecule has 0 rings (SSSR count). The molecule has 0 aliphatic rings. The van der Waals surface area contributed by atoms with Gasteiger partial charge in [0.2, 0.25) is 0 Å². The maximum atomic E-state index is 4.47. The maximum Gasteiger partial charge on any atom is 0.00669 e. The summed E-state index contributed by atoms with van der Waals surface area (Å²) in [6.45, 7) is 14.8. The normalized spacial score (nSPS) is 12.4. The van der Waals surface area contributed by atoms with E-state index >= 15 is 0 Å². The van der Waals surface area contributed by atoms with Crippen LogP contribution in [0.25, 0.3) is 0 Å². The highest BCUT2D eigenvalue weighted by Gasteiger charge is 2.10. The first kappa shape index (κ1) is 39.7. The Hall–Kier alpha value is -0.300. The van der Waals surface area contributed by atoms with E-state index < -0.39 is 0 Å². The molecule has 0 spiro atoms. The van der Waals surface area contributed by atoms with Crippen LogP contribution in [0.1, 0.15) is 220 Å². The molecule has 0 fully saturated rings. The number of rotatable bonds is 34. The van der Waals surface area contributed by atoms with Gasteiger partial charge in [0.1, 0.15) is 0 Å². The van der Waals surface area contributed by atoms with Crippen LogP contribution in [0.15, 0.2) is 12.2 Å². The highest BCUT2D eigenvalue weighted by atomic mass is 14.9. The Morgan fingerprint density at radius 1 is 0.425 bits per heavy atom. The van der Waals surface area contributed by atoms with Crippen LogP contribution in [0.4, 0.5) is 0 Å². The lowest BCUT2D eigenvalue weighted by Crippen LogP contribution is -2.28. The second-order valence-corrected chi connectivity index (χ2v) is 13.4. The summed E-state index contributed by atoms with van der Waals surface area (Å²) in [6, 6.07) is 0.770. The molecule has 1 unspecified atom stereocenters. The molecule has 0 bridgehead atoms. The predicted octanol–water partition coefficient (Wildman–Crippen LogP) is 13.9. The summed E-state index contributed by atoms with van der Waals surface area (Å²) in [4.78, 5) is 0. The van der Waals surface area contributed by atoms with Gasteiger partial charge in [-0.25, -0.2) is 0 Å². The maximum absolute atomic E-state index is 4.47. The molecule has 0 aliphatic carbocycles. The van der Waals surface area contributed by atoms with Gasteiger partial charge in [0.15, 0.2) is 0 Å². The van der Waals surface area contributed by atoms with Crippen molar-refractivity contribution in [3.05, 3.63) is 12.2 Å². The molecular formula is C39H79N. The lowest BCUT2D eigenvalue weighted by atomic mass is 9.88. The Morgan fingerprint density at radius 2 is 0.800 bits per heavy atom. The van der Waals surface area contributed by atoms with Gasteiger partial charge >= 0.3 is 0 Å². The monoisotopic (exact) mass is 562 g/mol. The molecule has 0 aromatic heterocycles. The number of allylic oxidation sites excluding steroid dienone is 1. The quantitative estimate of drug-likeness (QED) is 0.0608. The molecule has 0 saturated heterocycles. The third-order valence-corrected chi connectivity index (χ3v) is 9.32. The third-order valence-electron chi connectivity index (χ3n) is 9.32. The predicted molar refractivity (Wildman–Crippen MR) is 186 cm³/mol. The minimum absolute atomic E-state index is 0.770. The van der Waals surface area contributed by atoms with Crippen molar-refractivity contribution in [2.45, 2.75) is 226 Å². The van der Waals surface area contributed by atoms with Crippen LogP contribution in [-0.2, 0) is 0 Å². The zero-order valence-corrected chi connectivity index (χ0v) is 28.8. The highest BCUT2D eigenvalue weighted by Crippen LogP contribution is 2.26. The molecule has 1 atom stereocenters. The van der Waals surface area contributed by atoms with E-state index in [1.54, 1.807) is 5.57 Å². The lowest BCUT2D eigenvalue weighted by molar-refractivity contribution is 0.381. The lowest BCUT2D eigenvalue weighted by Gasteiger charge is -2.18. The van der Waals surface area contributed by atoms with E-state index in [-0.39, 0.29) is 0 Å². The van der Waals surface area contributed by atoms with Crippen LogP contribution in [-0.4, -0.2) is 12.6 Å². The van der Waals surface area contributed by atoms with E-state index in [1.807, 2.05) is 0 Å². The van der Waals surface area contributed by atoms with Gasteiger partial charge in [-0.1, -0.05) is 194 Å². The Balaban J connectivity index is 3.75. The number of hydrogen-bond donors (Lipinski definition) is 1. The van der Waals surface area contributed by atoms with Gasteiger partial charge in [-0.15, -0.1) is 0 Å². The van der Waals surface area contributed by atoms with Gasteiger partial charge in [0, 0.05) is 6.04 Å². The van der Waals surface area contributed by atoms with Crippen molar-refractivity contribution < 1.29 is 0 Å². The van der Waals surface area contributed by atoms with Gasteiger partial charge in [-0.2, -0.15) is 0 Å². The average Bonchev–Trinajstić information content (AvgIpc) is 2.96. The number of nitrogens with one attached hydrogen (secondary N) is 1. The first-order chi connectivity index (χ1) is 19.7. The smallest absolute Gasteiger partial charge is 0.00669 e. The van der Waals surface area contributed by atoms with E-state index in [9.17, 15) is 0 Å². The van der Waals surface area contributed by atoms with Crippen molar-refractivity contribution in [3.8, 4) is 0 Å². The van der Waals surface area contributed by atoms with E-state index in [2.05, 4.69) is 39.6 Å². The van der Waals surface area contributed by atoms with Crippen molar-refractivity contribution in [1.82, 2.24) is 5.32 Å². The standard InChI is InChI=1S/C39H79N/c1-6-10-13-16-19-23-28-33-39(40-9-4)34-29-24-21-18-17-20-22-25-30-37(5)35-36-38(31-26-14-11-7-2)32-27-15-12-8-3/h38-40H,5-36H2,1-4H3. The van der Waals surface area contributed by atoms with Gasteiger partial charge in [0.05, 0.1) is 0 Å². The van der Waals surface area contributed by atoms with Crippen LogP contribution in [0, 0.1) is 5.92 Å². The largest absolute Gasteiger partial charge is 0.314 e. The van der Waals surface area contributed by atoms with E-state index in [4.69, 9.17) is 0 Å². The van der Waals surface area contributed by atoms with E-state index in [0.29, 0.717) is 0 Å². The summed E-state index contributed by atoms with van der Waals surface area (Å²) in [5.74, 6) is 0.957. The summed E-state index contributed by atoms with van der Waals surface area (Å²) in [5, 5.41) is 3.76. The average molecular weight is 562 g/mol. The van der Waals surface area contributed by atoms with Crippen molar-refractivity contribution in [2.24, 2.45) is 5.92 Å². The summed E-state index contributed by atoms with van der Waals surface area (Å²) in [6.07, 6.45) is 42.5. The fraction of sp³-hybridized carbons (Fsp3) is 0.949. The van der Waals surface area contributed by atoms with Gasteiger partial charge in [-0.05, 0) is 51.0 Å². The van der Waals surface area contributed by atoms with Crippen molar-refractivity contribution in [2.75, 3.05) is 6.54 Å². The minimum atomic E-state index is 0.770. The van der Waals surface area contributed by atoms with Crippen molar-refractivity contribution >= 4 is 0 Å². The van der Waals surface area contributed by atoms with Gasteiger partial charge in [-0.3, -0.25) is 0 Å². The Labute approximate surface area is 255 Å². The molecule has 1 nitrogen and oxygen atoms in total. The van der Waals surface area contributed by atoms with Crippen LogP contribution < -0.4 is 5.32 Å². The number of hydrogen-bond acceptors (Lipinski definition) is 1. The summed E-state index contributed by atoms with van der Waals surface area (Å²) in [7, 11) is 0. The second-order valence-electron chi connectivity index (χ2n) is 13.4. The summed E-state index contributed by atoms with van der Waals surface area (Å²) in [5.41, 5.74) is 1.54. The molecule has 0 radical (unpaired) electrons. The fourth-order valence-electron chi connectivity index (χ4n) is 6.50. The molecule has 1 heteroatoms. The van der Waals surface area contributed by atoms with E-state index in [0.717, 1.165) is 18.5 Å². The van der Waals surface area contributed by atoms with Crippen LogP contribution in [0.3, 0.4) is 0 Å². The highest BCUT2D eigenvalue weighted by molar-refractivity contribution is 4.94. The third kappa shape index (κ3) is 29.2. The fourth-order valence-corrected chi connectivity index (χ4v) is 6.50. The molecular weight excluding hydrogens is 482 g/mol. The van der Waals surface area contributed by atoms with Crippen LogP contribution in [0.2, 0.25) is 0 Å².